The third kappa shape index (κ3) is 2.17. The van der Waals surface area contributed by atoms with Crippen molar-refractivity contribution in [2.45, 2.75) is 45.2 Å². The molecule has 1 heterocycles. The van der Waals surface area contributed by atoms with Crippen LogP contribution in [0.25, 0.3) is 0 Å². The molecule has 1 atom stereocenters. The standard InChI is InChI=1S/C9H20N2/c1-3-9(2,10)11-7-5-4-6-8-11/h3-8,10H2,1-2H3. The van der Waals surface area contributed by atoms with Crippen LogP contribution in [0.15, 0.2) is 0 Å². The lowest BCUT2D eigenvalue weighted by molar-refractivity contribution is 0.0822. The van der Waals surface area contributed by atoms with Crippen molar-refractivity contribution in [1.82, 2.24) is 4.90 Å². The highest BCUT2D eigenvalue weighted by atomic mass is 15.3. The molecule has 1 aliphatic rings. The number of hydrogen-bond acceptors (Lipinski definition) is 2. The third-order valence-corrected chi connectivity index (χ3v) is 2.79. The Kier molecular flexibility index (Phi) is 2.90. The lowest BCUT2D eigenvalue weighted by Crippen LogP contribution is -2.54. The van der Waals surface area contributed by atoms with E-state index in [0.717, 1.165) is 6.42 Å². The van der Waals surface area contributed by atoms with E-state index in [4.69, 9.17) is 5.73 Å². The smallest absolute Gasteiger partial charge is 0.0655 e. The zero-order chi connectivity index (χ0) is 8.32. The summed E-state index contributed by atoms with van der Waals surface area (Å²) in [5, 5.41) is 0. The molecule has 0 aromatic rings. The van der Waals surface area contributed by atoms with Gasteiger partial charge in [0.05, 0.1) is 5.66 Å². The molecule has 2 N–H and O–H groups in total. The van der Waals surface area contributed by atoms with Gasteiger partial charge in [0.25, 0.3) is 0 Å². The lowest BCUT2D eigenvalue weighted by Gasteiger charge is -2.40. The van der Waals surface area contributed by atoms with Crippen molar-refractivity contribution in [1.29, 1.82) is 0 Å². The van der Waals surface area contributed by atoms with E-state index < -0.39 is 0 Å². The number of nitrogens with zero attached hydrogens (tertiary/aromatic N) is 1. The summed E-state index contributed by atoms with van der Waals surface area (Å²) in [6, 6.07) is 0. The van der Waals surface area contributed by atoms with Crippen LogP contribution in [0.5, 0.6) is 0 Å². The van der Waals surface area contributed by atoms with Crippen molar-refractivity contribution in [3.05, 3.63) is 0 Å². The van der Waals surface area contributed by atoms with Crippen LogP contribution in [0, 0.1) is 0 Å². The van der Waals surface area contributed by atoms with Crippen LogP contribution in [-0.4, -0.2) is 23.7 Å². The molecule has 11 heavy (non-hydrogen) atoms. The quantitative estimate of drug-likeness (QED) is 0.657. The summed E-state index contributed by atoms with van der Waals surface area (Å²) in [5.41, 5.74) is 6.06. The molecule has 0 amide bonds. The third-order valence-electron chi connectivity index (χ3n) is 2.79. The van der Waals surface area contributed by atoms with Gasteiger partial charge >= 0.3 is 0 Å². The van der Waals surface area contributed by atoms with Gasteiger partial charge in [0, 0.05) is 0 Å². The van der Waals surface area contributed by atoms with Crippen molar-refractivity contribution >= 4 is 0 Å². The molecule has 1 unspecified atom stereocenters. The Labute approximate surface area is 69.8 Å². The second-order valence-electron chi connectivity index (χ2n) is 3.76. The van der Waals surface area contributed by atoms with E-state index in [1.807, 2.05) is 0 Å². The predicted octanol–water partition coefficient (Wildman–Crippen LogP) is 1.56. The molecule has 1 fully saturated rings. The van der Waals surface area contributed by atoms with Gasteiger partial charge in [0.2, 0.25) is 0 Å². The van der Waals surface area contributed by atoms with Crippen LogP contribution in [0.2, 0.25) is 0 Å². The van der Waals surface area contributed by atoms with Gasteiger partial charge in [-0.1, -0.05) is 13.3 Å². The Bertz CT molecular complexity index is 115. The van der Waals surface area contributed by atoms with E-state index in [9.17, 15) is 0 Å². The molecule has 1 saturated heterocycles. The summed E-state index contributed by atoms with van der Waals surface area (Å²) in [4.78, 5) is 2.41. The number of likely N-dealkylation sites (tertiary alicyclic amines) is 1. The first-order chi connectivity index (χ1) is 5.17. The van der Waals surface area contributed by atoms with E-state index in [-0.39, 0.29) is 5.66 Å². The second-order valence-corrected chi connectivity index (χ2v) is 3.76. The van der Waals surface area contributed by atoms with Gasteiger partial charge in [-0.3, -0.25) is 4.90 Å². The van der Waals surface area contributed by atoms with Gasteiger partial charge in [-0.05, 0) is 39.3 Å². The van der Waals surface area contributed by atoms with Gasteiger partial charge in [-0.15, -0.1) is 0 Å². The van der Waals surface area contributed by atoms with E-state index in [0.29, 0.717) is 0 Å². The predicted molar refractivity (Wildman–Crippen MR) is 48.3 cm³/mol. The number of nitrogens with two attached hydrogens (primary N) is 1. The summed E-state index contributed by atoms with van der Waals surface area (Å²) in [6.45, 7) is 6.69. The summed E-state index contributed by atoms with van der Waals surface area (Å²) in [5.74, 6) is 0. The molecule has 1 rings (SSSR count). The molecule has 0 bridgehead atoms. The van der Waals surface area contributed by atoms with Gasteiger partial charge < -0.3 is 5.73 Å². The Morgan fingerprint density at radius 2 is 1.82 bits per heavy atom. The minimum atomic E-state index is -0.0551. The Morgan fingerprint density at radius 1 is 1.27 bits per heavy atom. The molecule has 0 saturated carbocycles. The van der Waals surface area contributed by atoms with Crippen LogP contribution in [0.4, 0.5) is 0 Å². The molecule has 2 nitrogen and oxygen atoms in total. The summed E-state index contributed by atoms with van der Waals surface area (Å²) in [6.07, 6.45) is 5.09. The Morgan fingerprint density at radius 3 is 2.27 bits per heavy atom. The molecule has 2 heteroatoms. The average molecular weight is 156 g/mol. The van der Waals surface area contributed by atoms with Gasteiger partial charge in [0.1, 0.15) is 0 Å². The molecule has 1 aliphatic heterocycles. The zero-order valence-corrected chi connectivity index (χ0v) is 7.77. The van der Waals surface area contributed by atoms with Crippen LogP contribution in [0.1, 0.15) is 39.5 Å². The SMILES string of the molecule is CCC(C)(N)N1CCCCC1. The van der Waals surface area contributed by atoms with Gasteiger partial charge in [-0.2, -0.15) is 0 Å². The van der Waals surface area contributed by atoms with Gasteiger partial charge in [0.15, 0.2) is 0 Å². The van der Waals surface area contributed by atoms with Crippen LogP contribution >= 0.6 is 0 Å². The molecule has 0 spiro atoms. The van der Waals surface area contributed by atoms with Crippen molar-refractivity contribution in [2.75, 3.05) is 13.1 Å². The maximum absolute atomic E-state index is 6.12. The molecule has 0 aromatic carbocycles. The van der Waals surface area contributed by atoms with E-state index in [2.05, 4.69) is 18.7 Å². The topological polar surface area (TPSA) is 29.3 Å². The van der Waals surface area contributed by atoms with Crippen molar-refractivity contribution in [3.63, 3.8) is 0 Å². The van der Waals surface area contributed by atoms with Crippen LogP contribution in [-0.2, 0) is 0 Å². The summed E-state index contributed by atoms with van der Waals surface area (Å²) < 4.78 is 0. The highest BCUT2D eigenvalue weighted by Gasteiger charge is 2.25. The minimum absolute atomic E-state index is 0.0551. The van der Waals surface area contributed by atoms with Crippen molar-refractivity contribution in [2.24, 2.45) is 5.73 Å². The fourth-order valence-corrected chi connectivity index (χ4v) is 1.63. The summed E-state index contributed by atoms with van der Waals surface area (Å²) >= 11 is 0. The fourth-order valence-electron chi connectivity index (χ4n) is 1.63. The maximum Gasteiger partial charge on any atom is 0.0655 e. The number of rotatable bonds is 2. The molecule has 0 radical (unpaired) electrons. The van der Waals surface area contributed by atoms with E-state index in [1.54, 1.807) is 0 Å². The fraction of sp³-hybridized carbons (Fsp3) is 1.00. The van der Waals surface area contributed by atoms with E-state index >= 15 is 0 Å². The van der Waals surface area contributed by atoms with Crippen LogP contribution < -0.4 is 5.73 Å². The Balaban J connectivity index is 2.43. The molecular weight excluding hydrogens is 136 g/mol. The molecule has 66 valence electrons. The first kappa shape index (κ1) is 9.01. The first-order valence-electron chi connectivity index (χ1n) is 4.71. The van der Waals surface area contributed by atoms with Gasteiger partial charge in [-0.25, -0.2) is 0 Å². The number of hydrogen-bond donors (Lipinski definition) is 1. The summed E-state index contributed by atoms with van der Waals surface area (Å²) in [7, 11) is 0. The zero-order valence-electron chi connectivity index (χ0n) is 7.77. The second kappa shape index (κ2) is 3.55. The first-order valence-corrected chi connectivity index (χ1v) is 4.71. The maximum atomic E-state index is 6.12. The van der Waals surface area contributed by atoms with E-state index in [1.165, 1.54) is 32.4 Å². The Hall–Kier alpha value is -0.0800. The largest absolute Gasteiger partial charge is 0.313 e. The highest BCUT2D eigenvalue weighted by molar-refractivity contribution is 4.80. The monoisotopic (exact) mass is 156 g/mol. The highest BCUT2D eigenvalue weighted by Crippen LogP contribution is 2.18. The molecule has 0 aliphatic carbocycles. The lowest BCUT2D eigenvalue weighted by atomic mass is 10.0. The normalized spacial score (nSPS) is 26.5. The van der Waals surface area contributed by atoms with Crippen molar-refractivity contribution in [3.8, 4) is 0 Å². The minimum Gasteiger partial charge on any atom is -0.313 e. The molecule has 0 aromatic heterocycles. The van der Waals surface area contributed by atoms with Crippen LogP contribution in [0.3, 0.4) is 0 Å². The molecular formula is C9H20N2. The number of piperidine rings is 1. The average Bonchev–Trinajstić information content (AvgIpc) is 2.06. The van der Waals surface area contributed by atoms with Crippen molar-refractivity contribution < 1.29 is 0 Å².